The van der Waals surface area contributed by atoms with Crippen molar-refractivity contribution >= 4 is 34.1 Å². The molecule has 7 nitrogen and oxygen atoms in total. The van der Waals surface area contributed by atoms with E-state index >= 15 is 0 Å². The second kappa shape index (κ2) is 6.99. The number of carbonyl (C=O) groups is 3. The lowest BCUT2D eigenvalue weighted by Crippen LogP contribution is -2.31. The molecule has 0 atom stereocenters. The van der Waals surface area contributed by atoms with Crippen molar-refractivity contribution < 1.29 is 19.1 Å². The Labute approximate surface area is 120 Å². The van der Waals surface area contributed by atoms with Crippen LogP contribution in [0.3, 0.4) is 0 Å². The molecule has 20 heavy (non-hydrogen) atoms. The van der Waals surface area contributed by atoms with Crippen molar-refractivity contribution in [1.29, 1.82) is 0 Å². The molecule has 1 heterocycles. The van der Waals surface area contributed by atoms with Gasteiger partial charge in [-0.2, -0.15) is 0 Å². The summed E-state index contributed by atoms with van der Waals surface area (Å²) in [6, 6.07) is 0. The minimum atomic E-state index is -0.670. The van der Waals surface area contributed by atoms with E-state index in [1.807, 2.05) is 6.92 Å². The summed E-state index contributed by atoms with van der Waals surface area (Å²) in [4.78, 5) is 40.4. The number of nitrogens with zero attached hydrogens (tertiary/aromatic N) is 2. The molecule has 110 valence electrons. The van der Waals surface area contributed by atoms with Gasteiger partial charge >= 0.3 is 5.97 Å². The Morgan fingerprint density at radius 2 is 2.05 bits per heavy atom. The number of hydrogen-bond donors (Lipinski definition) is 1. The number of amides is 1. The number of methoxy groups -OCH3 is 1. The number of nitrogens with one attached hydrogen (secondary N) is 1. The van der Waals surface area contributed by atoms with E-state index < -0.39 is 5.97 Å². The van der Waals surface area contributed by atoms with Crippen LogP contribution in [0.15, 0.2) is 0 Å². The predicted octanol–water partition coefficient (Wildman–Crippen LogP) is 1.02. The normalized spacial score (nSPS) is 10.0. The Morgan fingerprint density at radius 3 is 2.55 bits per heavy atom. The Morgan fingerprint density at radius 1 is 1.40 bits per heavy atom. The van der Waals surface area contributed by atoms with Crippen molar-refractivity contribution in [1.82, 2.24) is 9.88 Å². The molecule has 1 N–H and O–H groups in total. The zero-order valence-electron chi connectivity index (χ0n) is 11.8. The number of thiazole rings is 1. The van der Waals surface area contributed by atoms with E-state index in [9.17, 15) is 14.4 Å². The van der Waals surface area contributed by atoms with Gasteiger partial charge in [0.15, 0.2) is 16.6 Å². The zero-order valence-corrected chi connectivity index (χ0v) is 12.7. The molecule has 0 spiro atoms. The van der Waals surface area contributed by atoms with Gasteiger partial charge in [-0.3, -0.25) is 9.59 Å². The van der Waals surface area contributed by atoms with Crippen LogP contribution < -0.4 is 5.32 Å². The SMILES string of the molecule is CCN(C)C(=O)CNc1nc(C(=O)OC)c(C(C)=O)s1. The summed E-state index contributed by atoms with van der Waals surface area (Å²) in [5, 5.41) is 3.15. The van der Waals surface area contributed by atoms with Gasteiger partial charge in [-0.25, -0.2) is 9.78 Å². The quantitative estimate of drug-likeness (QED) is 0.623. The van der Waals surface area contributed by atoms with Crippen LogP contribution >= 0.6 is 11.3 Å². The van der Waals surface area contributed by atoms with Gasteiger partial charge in [-0.1, -0.05) is 11.3 Å². The maximum absolute atomic E-state index is 11.6. The van der Waals surface area contributed by atoms with E-state index in [1.165, 1.54) is 14.0 Å². The second-order valence-electron chi connectivity index (χ2n) is 4.01. The summed E-state index contributed by atoms with van der Waals surface area (Å²) >= 11 is 1.03. The standard InChI is InChI=1S/C12H17N3O4S/c1-5-15(3)8(17)6-13-12-14-9(11(18)19-4)10(20-12)7(2)16/h5-6H2,1-4H3,(H,13,14). The number of rotatable bonds is 6. The Balaban J connectivity index is 2.85. The highest BCUT2D eigenvalue weighted by Gasteiger charge is 2.22. The van der Waals surface area contributed by atoms with Crippen molar-refractivity contribution in [2.45, 2.75) is 13.8 Å². The molecular formula is C12H17N3O4S. The van der Waals surface area contributed by atoms with E-state index in [0.717, 1.165) is 11.3 Å². The zero-order chi connectivity index (χ0) is 15.3. The second-order valence-corrected chi connectivity index (χ2v) is 5.01. The molecule has 0 saturated carbocycles. The maximum atomic E-state index is 11.6. The van der Waals surface area contributed by atoms with Gasteiger partial charge in [0.05, 0.1) is 13.7 Å². The first-order chi connectivity index (χ1) is 9.40. The van der Waals surface area contributed by atoms with E-state index in [1.54, 1.807) is 11.9 Å². The van der Waals surface area contributed by atoms with E-state index in [-0.39, 0.29) is 28.8 Å². The number of Topliss-reactive ketones (excluding diaryl/α,β-unsaturated/α-hetero) is 1. The lowest BCUT2D eigenvalue weighted by atomic mass is 10.3. The number of hydrogen-bond acceptors (Lipinski definition) is 7. The fraction of sp³-hybridized carbons (Fsp3) is 0.500. The molecule has 0 saturated heterocycles. The maximum Gasteiger partial charge on any atom is 0.358 e. The lowest BCUT2D eigenvalue weighted by molar-refractivity contribution is -0.127. The Bertz CT molecular complexity index is 527. The van der Waals surface area contributed by atoms with Gasteiger partial charge in [-0.15, -0.1) is 0 Å². The van der Waals surface area contributed by atoms with Gasteiger partial charge in [0.25, 0.3) is 0 Å². The minimum Gasteiger partial charge on any atom is -0.464 e. The van der Waals surface area contributed by atoms with Crippen molar-refractivity contribution in [2.75, 3.05) is 32.6 Å². The number of ketones is 1. The Hall–Kier alpha value is -1.96. The van der Waals surface area contributed by atoms with Gasteiger partial charge in [0.1, 0.15) is 4.88 Å². The summed E-state index contributed by atoms with van der Waals surface area (Å²) < 4.78 is 4.57. The summed E-state index contributed by atoms with van der Waals surface area (Å²) in [5.74, 6) is -1.05. The van der Waals surface area contributed by atoms with Crippen LogP contribution in [0, 0.1) is 0 Å². The molecule has 0 bridgehead atoms. The van der Waals surface area contributed by atoms with Crippen LogP contribution in [0.5, 0.6) is 0 Å². The summed E-state index contributed by atoms with van der Waals surface area (Å²) in [5.41, 5.74) is -0.0243. The van der Waals surface area contributed by atoms with E-state index in [0.29, 0.717) is 11.7 Å². The van der Waals surface area contributed by atoms with Gasteiger partial charge in [0.2, 0.25) is 5.91 Å². The van der Waals surface area contributed by atoms with Crippen LogP contribution in [0.4, 0.5) is 5.13 Å². The molecule has 1 aromatic heterocycles. The van der Waals surface area contributed by atoms with E-state index in [4.69, 9.17) is 0 Å². The van der Waals surface area contributed by atoms with Crippen LogP contribution in [-0.4, -0.2) is 54.8 Å². The number of carbonyl (C=O) groups excluding carboxylic acids is 3. The summed E-state index contributed by atoms with van der Waals surface area (Å²) in [6.07, 6.45) is 0. The number of likely N-dealkylation sites (N-methyl/N-ethyl adjacent to an activating group) is 1. The van der Waals surface area contributed by atoms with Crippen molar-refractivity contribution in [3.8, 4) is 0 Å². The Kier molecular flexibility index (Phi) is 5.63. The molecule has 1 rings (SSSR count). The number of aromatic nitrogens is 1. The molecule has 0 radical (unpaired) electrons. The molecule has 0 aliphatic carbocycles. The number of esters is 1. The average Bonchev–Trinajstić information content (AvgIpc) is 2.87. The van der Waals surface area contributed by atoms with Gasteiger partial charge < -0.3 is 15.0 Å². The third kappa shape index (κ3) is 3.77. The highest BCUT2D eigenvalue weighted by molar-refractivity contribution is 7.17. The van der Waals surface area contributed by atoms with Gasteiger partial charge in [0, 0.05) is 20.5 Å². The number of anilines is 1. The fourth-order valence-electron chi connectivity index (χ4n) is 1.33. The van der Waals surface area contributed by atoms with Crippen molar-refractivity contribution in [2.24, 2.45) is 0 Å². The molecule has 0 aromatic carbocycles. The summed E-state index contributed by atoms with van der Waals surface area (Å²) in [7, 11) is 2.91. The molecule has 8 heteroatoms. The highest BCUT2D eigenvalue weighted by atomic mass is 32.1. The van der Waals surface area contributed by atoms with Gasteiger partial charge in [-0.05, 0) is 6.92 Å². The average molecular weight is 299 g/mol. The minimum absolute atomic E-state index is 0.0243. The lowest BCUT2D eigenvalue weighted by Gasteiger charge is -2.14. The highest BCUT2D eigenvalue weighted by Crippen LogP contribution is 2.24. The molecule has 1 amide bonds. The smallest absolute Gasteiger partial charge is 0.358 e. The monoisotopic (exact) mass is 299 g/mol. The van der Waals surface area contributed by atoms with Crippen LogP contribution in [0.1, 0.15) is 34.0 Å². The predicted molar refractivity (Wildman–Crippen MR) is 75.3 cm³/mol. The topological polar surface area (TPSA) is 88.6 Å². The first kappa shape index (κ1) is 16.1. The molecular weight excluding hydrogens is 282 g/mol. The fourth-order valence-corrected chi connectivity index (χ4v) is 2.18. The number of ether oxygens (including phenoxy) is 1. The molecule has 1 aromatic rings. The molecule has 0 aliphatic heterocycles. The van der Waals surface area contributed by atoms with Crippen molar-refractivity contribution in [3.63, 3.8) is 0 Å². The van der Waals surface area contributed by atoms with Crippen LogP contribution in [0.2, 0.25) is 0 Å². The first-order valence-corrected chi connectivity index (χ1v) is 6.80. The van der Waals surface area contributed by atoms with Crippen LogP contribution in [-0.2, 0) is 9.53 Å². The molecule has 0 fully saturated rings. The van der Waals surface area contributed by atoms with Crippen molar-refractivity contribution in [3.05, 3.63) is 10.6 Å². The third-order valence-corrected chi connectivity index (χ3v) is 3.73. The molecule has 0 unspecified atom stereocenters. The third-order valence-electron chi connectivity index (χ3n) is 2.62. The van der Waals surface area contributed by atoms with Crippen LogP contribution in [0.25, 0.3) is 0 Å². The van der Waals surface area contributed by atoms with E-state index in [2.05, 4.69) is 15.0 Å². The molecule has 0 aliphatic rings. The largest absolute Gasteiger partial charge is 0.464 e. The summed E-state index contributed by atoms with van der Waals surface area (Å²) in [6.45, 7) is 3.87. The first-order valence-electron chi connectivity index (χ1n) is 5.98.